The van der Waals surface area contributed by atoms with Crippen LogP contribution in [0.1, 0.15) is 18.0 Å². The maximum atomic E-state index is 13.6. The molecule has 3 heterocycles. The Balaban J connectivity index is 1.63. The zero-order valence-electron chi connectivity index (χ0n) is 13.9. The lowest BCUT2D eigenvalue weighted by molar-refractivity contribution is 0.122. The van der Waals surface area contributed by atoms with E-state index in [0.29, 0.717) is 32.1 Å². The third-order valence-electron chi connectivity index (χ3n) is 4.73. The molecule has 2 atom stereocenters. The second-order valence-electron chi connectivity index (χ2n) is 6.43. The van der Waals surface area contributed by atoms with E-state index in [1.54, 1.807) is 12.3 Å². The molecular weight excluding hydrogens is 323 g/mol. The van der Waals surface area contributed by atoms with Crippen LogP contribution < -0.4 is 9.80 Å². The van der Waals surface area contributed by atoms with Gasteiger partial charge in [0.2, 0.25) is 5.95 Å². The number of halogens is 1. The van der Waals surface area contributed by atoms with Gasteiger partial charge in [-0.25, -0.2) is 9.37 Å². The van der Waals surface area contributed by atoms with E-state index in [1.165, 1.54) is 12.1 Å². The fourth-order valence-corrected chi connectivity index (χ4v) is 3.51. The highest BCUT2D eigenvalue weighted by atomic mass is 19.1. The summed E-state index contributed by atoms with van der Waals surface area (Å²) < 4.78 is 19.0. The second-order valence-corrected chi connectivity index (χ2v) is 6.43. The molecular formula is C18H21FN4O2. The standard InChI is InChI=1S/C18H21FN4O2/c19-14-3-1-2-13(10-14)16-11-15(24)12-23(16)17-4-5-20-18(21-17)22-6-8-25-9-7-22/h1-5,10,15-16,24H,6-9,11-12H2/t15-,16-/m0/s1. The Hall–Kier alpha value is -2.25. The Morgan fingerprint density at radius 2 is 2.04 bits per heavy atom. The Bertz CT molecular complexity index is 739. The first-order chi connectivity index (χ1) is 12.2. The van der Waals surface area contributed by atoms with Crippen molar-refractivity contribution in [1.82, 2.24) is 9.97 Å². The van der Waals surface area contributed by atoms with Crippen molar-refractivity contribution in [3.63, 3.8) is 0 Å². The highest BCUT2D eigenvalue weighted by Crippen LogP contribution is 2.36. The van der Waals surface area contributed by atoms with Crippen LogP contribution in [-0.4, -0.2) is 54.0 Å². The Kier molecular flexibility index (Phi) is 4.50. The van der Waals surface area contributed by atoms with Gasteiger partial charge in [-0.15, -0.1) is 0 Å². The molecule has 1 aromatic carbocycles. The lowest BCUT2D eigenvalue weighted by atomic mass is 10.0. The highest BCUT2D eigenvalue weighted by Gasteiger charge is 2.33. The lowest BCUT2D eigenvalue weighted by Gasteiger charge is -2.29. The van der Waals surface area contributed by atoms with Gasteiger partial charge in [-0.2, -0.15) is 4.98 Å². The molecule has 0 saturated carbocycles. The van der Waals surface area contributed by atoms with Gasteiger partial charge in [0.25, 0.3) is 0 Å². The first kappa shape index (κ1) is 16.2. The van der Waals surface area contributed by atoms with E-state index in [2.05, 4.69) is 9.88 Å². The quantitative estimate of drug-likeness (QED) is 0.916. The molecule has 0 spiro atoms. The van der Waals surface area contributed by atoms with Gasteiger partial charge >= 0.3 is 0 Å². The molecule has 1 aromatic heterocycles. The Morgan fingerprint density at radius 3 is 2.84 bits per heavy atom. The third-order valence-corrected chi connectivity index (χ3v) is 4.73. The van der Waals surface area contributed by atoms with Crippen LogP contribution in [0.5, 0.6) is 0 Å². The molecule has 2 fully saturated rings. The minimum Gasteiger partial charge on any atom is -0.391 e. The van der Waals surface area contributed by atoms with Gasteiger partial charge in [-0.05, 0) is 30.2 Å². The van der Waals surface area contributed by atoms with Crippen LogP contribution >= 0.6 is 0 Å². The number of aromatic nitrogens is 2. The average molecular weight is 344 g/mol. The zero-order chi connectivity index (χ0) is 17.2. The molecule has 2 saturated heterocycles. The number of morpholine rings is 1. The van der Waals surface area contributed by atoms with Crippen molar-refractivity contribution in [1.29, 1.82) is 0 Å². The minimum atomic E-state index is -0.463. The van der Waals surface area contributed by atoms with E-state index in [0.717, 1.165) is 24.5 Å². The smallest absolute Gasteiger partial charge is 0.227 e. The molecule has 0 aliphatic carbocycles. The van der Waals surface area contributed by atoms with E-state index >= 15 is 0 Å². The van der Waals surface area contributed by atoms with Gasteiger partial charge < -0.3 is 19.6 Å². The number of aliphatic hydroxyl groups is 1. The number of hydrogen-bond acceptors (Lipinski definition) is 6. The molecule has 2 aromatic rings. The summed E-state index contributed by atoms with van der Waals surface area (Å²) >= 11 is 0. The fourth-order valence-electron chi connectivity index (χ4n) is 3.51. The Morgan fingerprint density at radius 1 is 1.20 bits per heavy atom. The summed E-state index contributed by atoms with van der Waals surface area (Å²) in [5, 5.41) is 10.2. The van der Waals surface area contributed by atoms with Crippen LogP contribution in [0.3, 0.4) is 0 Å². The van der Waals surface area contributed by atoms with Crippen molar-refractivity contribution in [3.8, 4) is 0 Å². The van der Waals surface area contributed by atoms with Crippen LogP contribution in [0, 0.1) is 5.82 Å². The molecule has 2 aliphatic rings. The summed E-state index contributed by atoms with van der Waals surface area (Å²) in [6, 6.07) is 8.29. The van der Waals surface area contributed by atoms with E-state index in [4.69, 9.17) is 9.72 Å². The van der Waals surface area contributed by atoms with Crippen molar-refractivity contribution in [3.05, 3.63) is 47.9 Å². The maximum Gasteiger partial charge on any atom is 0.227 e. The number of nitrogens with zero attached hydrogens (tertiary/aromatic N) is 4. The molecule has 132 valence electrons. The van der Waals surface area contributed by atoms with Crippen LogP contribution in [0.4, 0.5) is 16.2 Å². The number of ether oxygens (including phenoxy) is 1. The summed E-state index contributed by atoms with van der Waals surface area (Å²) in [5.41, 5.74) is 0.850. The minimum absolute atomic E-state index is 0.0989. The third kappa shape index (κ3) is 3.43. The second kappa shape index (κ2) is 6.93. The first-order valence-corrected chi connectivity index (χ1v) is 8.56. The van der Waals surface area contributed by atoms with Crippen molar-refractivity contribution >= 4 is 11.8 Å². The molecule has 0 bridgehead atoms. The summed E-state index contributed by atoms with van der Waals surface area (Å²) in [5.74, 6) is 1.15. The molecule has 1 N–H and O–H groups in total. The van der Waals surface area contributed by atoms with Gasteiger partial charge in [0.1, 0.15) is 11.6 Å². The zero-order valence-corrected chi connectivity index (χ0v) is 13.9. The normalized spacial score (nSPS) is 23.9. The van der Waals surface area contributed by atoms with Gasteiger partial charge in [0.05, 0.1) is 25.4 Å². The number of benzene rings is 1. The number of β-amino-alcohol motifs (C(OH)–C–C–N with tert-alkyl or cyclic N) is 1. The Labute approximate surface area is 145 Å². The van der Waals surface area contributed by atoms with Crippen molar-refractivity contribution in [2.75, 3.05) is 42.6 Å². The molecule has 0 unspecified atom stereocenters. The first-order valence-electron chi connectivity index (χ1n) is 8.56. The van der Waals surface area contributed by atoms with Crippen molar-refractivity contribution < 1.29 is 14.2 Å². The monoisotopic (exact) mass is 344 g/mol. The van der Waals surface area contributed by atoms with Crippen LogP contribution in [-0.2, 0) is 4.74 Å². The van der Waals surface area contributed by atoms with Gasteiger partial charge in [-0.3, -0.25) is 0 Å². The number of anilines is 2. The molecule has 0 amide bonds. The molecule has 0 radical (unpaired) electrons. The van der Waals surface area contributed by atoms with Crippen LogP contribution in [0.25, 0.3) is 0 Å². The topological polar surface area (TPSA) is 61.7 Å². The van der Waals surface area contributed by atoms with Crippen LogP contribution in [0.15, 0.2) is 36.5 Å². The van der Waals surface area contributed by atoms with E-state index in [-0.39, 0.29) is 11.9 Å². The van der Waals surface area contributed by atoms with Gasteiger partial charge in [0, 0.05) is 25.8 Å². The van der Waals surface area contributed by atoms with Crippen molar-refractivity contribution in [2.24, 2.45) is 0 Å². The van der Waals surface area contributed by atoms with E-state index < -0.39 is 6.10 Å². The summed E-state index contributed by atoms with van der Waals surface area (Å²) in [6.45, 7) is 3.34. The molecule has 25 heavy (non-hydrogen) atoms. The van der Waals surface area contributed by atoms with Gasteiger partial charge in [0.15, 0.2) is 0 Å². The molecule has 6 nitrogen and oxygen atoms in total. The SMILES string of the molecule is O[C@H]1C[C@@H](c2cccc(F)c2)N(c2ccnc(N3CCOCC3)n2)C1. The highest BCUT2D eigenvalue weighted by molar-refractivity contribution is 5.48. The number of hydrogen-bond donors (Lipinski definition) is 1. The predicted molar refractivity (Wildman–Crippen MR) is 92.2 cm³/mol. The molecule has 7 heteroatoms. The summed E-state index contributed by atoms with van der Waals surface area (Å²) in [6.07, 6.45) is 1.83. The maximum absolute atomic E-state index is 13.6. The fraction of sp³-hybridized carbons (Fsp3) is 0.444. The average Bonchev–Trinajstić information content (AvgIpc) is 3.04. The van der Waals surface area contributed by atoms with E-state index in [9.17, 15) is 9.50 Å². The number of aliphatic hydroxyl groups excluding tert-OH is 1. The molecule has 4 rings (SSSR count). The summed E-state index contributed by atoms with van der Waals surface area (Å²) in [7, 11) is 0. The largest absolute Gasteiger partial charge is 0.391 e. The summed E-state index contributed by atoms with van der Waals surface area (Å²) in [4.78, 5) is 13.2. The van der Waals surface area contributed by atoms with Crippen LogP contribution in [0.2, 0.25) is 0 Å². The van der Waals surface area contributed by atoms with Gasteiger partial charge in [-0.1, -0.05) is 12.1 Å². The number of rotatable bonds is 3. The van der Waals surface area contributed by atoms with Crippen molar-refractivity contribution in [2.45, 2.75) is 18.6 Å². The molecule has 2 aliphatic heterocycles. The predicted octanol–water partition coefficient (Wildman–Crippen LogP) is 1.76. The lowest BCUT2D eigenvalue weighted by Crippen LogP contribution is -2.37. The van der Waals surface area contributed by atoms with E-state index in [1.807, 2.05) is 17.0 Å².